The second-order valence-electron chi connectivity index (χ2n) is 2.95. The summed E-state index contributed by atoms with van der Waals surface area (Å²) < 4.78 is 1.10. The van der Waals surface area contributed by atoms with E-state index < -0.39 is 0 Å². The molecule has 1 rings (SSSR count). The molecular weight excluding hydrogens is 214 g/mol. The highest BCUT2D eigenvalue weighted by Crippen LogP contribution is 2.19. The summed E-state index contributed by atoms with van der Waals surface area (Å²) in [5.74, 6) is 0. The van der Waals surface area contributed by atoms with Gasteiger partial charge in [0, 0.05) is 10.5 Å². The predicted molar refractivity (Wildman–Crippen MR) is 56.0 cm³/mol. The number of rotatable bonds is 3. The Labute approximate surface area is 82.1 Å². The zero-order valence-electron chi connectivity index (χ0n) is 7.26. The first-order valence-electron chi connectivity index (χ1n) is 4.25. The van der Waals surface area contributed by atoms with Gasteiger partial charge in [0.15, 0.2) is 0 Å². The lowest BCUT2D eigenvalue weighted by molar-refractivity contribution is 0.638. The first kappa shape index (κ1) is 9.75. The average Bonchev–Trinajstić information content (AvgIpc) is 2.05. The van der Waals surface area contributed by atoms with Crippen LogP contribution in [0.5, 0.6) is 0 Å². The zero-order valence-corrected chi connectivity index (χ0v) is 8.84. The van der Waals surface area contributed by atoms with Crippen LogP contribution in [0.4, 0.5) is 0 Å². The third-order valence-electron chi connectivity index (χ3n) is 1.88. The van der Waals surface area contributed by atoms with Gasteiger partial charge in [-0.2, -0.15) is 0 Å². The van der Waals surface area contributed by atoms with Crippen molar-refractivity contribution in [2.24, 2.45) is 5.73 Å². The van der Waals surface area contributed by atoms with E-state index in [0.29, 0.717) is 0 Å². The predicted octanol–water partition coefficient (Wildman–Crippen LogP) is 3.25. The number of halogens is 1. The molecule has 2 heteroatoms. The van der Waals surface area contributed by atoms with E-state index in [-0.39, 0.29) is 6.04 Å². The Hall–Kier alpha value is -0.340. The Balaban J connectivity index is 2.73. The molecule has 1 aromatic carbocycles. The van der Waals surface area contributed by atoms with E-state index in [1.165, 1.54) is 5.56 Å². The zero-order chi connectivity index (χ0) is 8.97. The molecule has 0 amide bonds. The summed E-state index contributed by atoms with van der Waals surface area (Å²) in [4.78, 5) is 0. The molecule has 0 spiro atoms. The molecule has 0 saturated heterocycles. The highest BCUT2D eigenvalue weighted by atomic mass is 79.9. The van der Waals surface area contributed by atoms with Crippen molar-refractivity contribution >= 4 is 15.9 Å². The molecule has 0 saturated carbocycles. The van der Waals surface area contributed by atoms with Crippen molar-refractivity contribution in [1.29, 1.82) is 0 Å². The fourth-order valence-corrected chi connectivity index (χ4v) is 1.63. The van der Waals surface area contributed by atoms with Crippen molar-refractivity contribution in [2.45, 2.75) is 25.8 Å². The van der Waals surface area contributed by atoms with Gasteiger partial charge < -0.3 is 5.73 Å². The van der Waals surface area contributed by atoms with Crippen molar-refractivity contribution in [1.82, 2.24) is 0 Å². The largest absolute Gasteiger partial charge is 0.324 e. The van der Waals surface area contributed by atoms with Gasteiger partial charge in [0.25, 0.3) is 0 Å². The van der Waals surface area contributed by atoms with Crippen LogP contribution < -0.4 is 5.73 Å². The highest BCUT2D eigenvalue weighted by molar-refractivity contribution is 9.10. The van der Waals surface area contributed by atoms with E-state index in [9.17, 15) is 0 Å². The third-order valence-corrected chi connectivity index (χ3v) is 2.37. The van der Waals surface area contributed by atoms with Crippen molar-refractivity contribution in [3.05, 3.63) is 34.3 Å². The molecule has 0 heterocycles. The second kappa shape index (κ2) is 4.63. The van der Waals surface area contributed by atoms with Crippen LogP contribution in [0.2, 0.25) is 0 Å². The van der Waals surface area contributed by atoms with E-state index >= 15 is 0 Å². The SMILES string of the molecule is CCCC(N)c1cccc(Br)c1. The maximum absolute atomic E-state index is 5.95. The van der Waals surface area contributed by atoms with Gasteiger partial charge in [-0.25, -0.2) is 0 Å². The molecule has 1 nitrogen and oxygen atoms in total. The average molecular weight is 228 g/mol. The van der Waals surface area contributed by atoms with Gasteiger partial charge in [-0.15, -0.1) is 0 Å². The summed E-state index contributed by atoms with van der Waals surface area (Å²) >= 11 is 3.43. The molecular formula is C10H14BrN. The van der Waals surface area contributed by atoms with E-state index in [4.69, 9.17) is 5.73 Å². The minimum atomic E-state index is 0.187. The highest BCUT2D eigenvalue weighted by Gasteiger charge is 2.03. The Morgan fingerprint density at radius 1 is 1.50 bits per heavy atom. The van der Waals surface area contributed by atoms with Crippen LogP contribution in [-0.2, 0) is 0 Å². The van der Waals surface area contributed by atoms with Crippen LogP contribution >= 0.6 is 15.9 Å². The first-order chi connectivity index (χ1) is 5.74. The van der Waals surface area contributed by atoms with Crippen molar-refractivity contribution in [2.75, 3.05) is 0 Å². The molecule has 0 aliphatic rings. The maximum Gasteiger partial charge on any atom is 0.0295 e. The molecule has 1 aromatic rings. The van der Waals surface area contributed by atoms with Crippen LogP contribution in [0, 0.1) is 0 Å². The van der Waals surface area contributed by atoms with Gasteiger partial charge in [0.1, 0.15) is 0 Å². The minimum Gasteiger partial charge on any atom is -0.324 e. The Bertz CT molecular complexity index is 247. The van der Waals surface area contributed by atoms with Gasteiger partial charge in [0.05, 0.1) is 0 Å². The van der Waals surface area contributed by atoms with Gasteiger partial charge in [-0.3, -0.25) is 0 Å². The second-order valence-corrected chi connectivity index (χ2v) is 3.87. The fourth-order valence-electron chi connectivity index (χ4n) is 1.21. The lowest BCUT2D eigenvalue weighted by atomic mass is 10.0. The minimum absolute atomic E-state index is 0.187. The molecule has 1 atom stereocenters. The summed E-state index contributed by atoms with van der Waals surface area (Å²) in [6.45, 7) is 2.15. The fraction of sp³-hybridized carbons (Fsp3) is 0.400. The summed E-state index contributed by atoms with van der Waals surface area (Å²) in [6, 6.07) is 8.38. The summed E-state index contributed by atoms with van der Waals surface area (Å²) in [5.41, 5.74) is 7.17. The molecule has 12 heavy (non-hydrogen) atoms. The summed E-state index contributed by atoms with van der Waals surface area (Å²) in [6.07, 6.45) is 2.18. The smallest absolute Gasteiger partial charge is 0.0295 e. The van der Waals surface area contributed by atoms with Gasteiger partial charge in [0.2, 0.25) is 0 Å². The normalized spacial score (nSPS) is 12.9. The number of nitrogens with two attached hydrogens (primary N) is 1. The maximum atomic E-state index is 5.95. The molecule has 0 aromatic heterocycles. The van der Waals surface area contributed by atoms with Crippen molar-refractivity contribution in [3.8, 4) is 0 Å². The van der Waals surface area contributed by atoms with Crippen LogP contribution in [0.25, 0.3) is 0 Å². The molecule has 2 N–H and O–H groups in total. The van der Waals surface area contributed by atoms with Gasteiger partial charge in [-0.1, -0.05) is 41.4 Å². The summed E-state index contributed by atoms with van der Waals surface area (Å²) in [7, 11) is 0. The molecule has 0 aliphatic heterocycles. The molecule has 0 fully saturated rings. The Kier molecular flexibility index (Phi) is 3.76. The number of hydrogen-bond donors (Lipinski definition) is 1. The van der Waals surface area contributed by atoms with Crippen LogP contribution in [0.1, 0.15) is 31.4 Å². The molecule has 1 unspecified atom stereocenters. The molecule has 0 radical (unpaired) electrons. The van der Waals surface area contributed by atoms with Gasteiger partial charge >= 0.3 is 0 Å². The third kappa shape index (κ3) is 2.61. The summed E-state index contributed by atoms with van der Waals surface area (Å²) in [5, 5.41) is 0. The van der Waals surface area contributed by atoms with E-state index in [2.05, 4.69) is 35.0 Å². The standard InChI is InChI=1S/C10H14BrN/c1-2-4-10(12)8-5-3-6-9(11)7-8/h3,5-7,10H,2,4,12H2,1H3. The topological polar surface area (TPSA) is 26.0 Å². The molecule has 0 bridgehead atoms. The lowest BCUT2D eigenvalue weighted by Crippen LogP contribution is -2.09. The van der Waals surface area contributed by atoms with E-state index in [0.717, 1.165) is 17.3 Å². The Morgan fingerprint density at radius 3 is 2.83 bits per heavy atom. The van der Waals surface area contributed by atoms with Gasteiger partial charge in [-0.05, 0) is 24.1 Å². The molecule has 66 valence electrons. The van der Waals surface area contributed by atoms with E-state index in [1.807, 2.05) is 12.1 Å². The van der Waals surface area contributed by atoms with Crippen LogP contribution in [-0.4, -0.2) is 0 Å². The van der Waals surface area contributed by atoms with E-state index in [1.54, 1.807) is 0 Å². The number of hydrogen-bond acceptors (Lipinski definition) is 1. The lowest BCUT2D eigenvalue weighted by Gasteiger charge is -2.10. The molecule has 0 aliphatic carbocycles. The first-order valence-corrected chi connectivity index (χ1v) is 5.04. The Morgan fingerprint density at radius 2 is 2.25 bits per heavy atom. The van der Waals surface area contributed by atoms with Crippen LogP contribution in [0.3, 0.4) is 0 Å². The van der Waals surface area contributed by atoms with Crippen molar-refractivity contribution in [3.63, 3.8) is 0 Å². The number of benzene rings is 1. The quantitative estimate of drug-likeness (QED) is 0.844. The van der Waals surface area contributed by atoms with Crippen LogP contribution in [0.15, 0.2) is 28.7 Å². The monoisotopic (exact) mass is 227 g/mol. The van der Waals surface area contributed by atoms with Crippen molar-refractivity contribution < 1.29 is 0 Å².